The van der Waals surface area contributed by atoms with Crippen molar-refractivity contribution in [1.82, 2.24) is 20.0 Å². The molecule has 1 aromatic carbocycles. The van der Waals surface area contributed by atoms with E-state index < -0.39 is 0 Å². The van der Waals surface area contributed by atoms with E-state index in [1.807, 2.05) is 47.4 Å². The lowest BCUT2D eigenvalue weighted by atomic mass is 9.94. The topological polar surface area (TPSA) is 72.1 Å². The van der Waals surface area contributed by atoms with E-state index in [9.17, 15) is 4.79 Å². The molecule has 1 saturated heterocycles. The number of hydrogen-bond acceptors (Lipinski definition) is 5. The van der Waals surface area contributed by atoms with Gasteiger partial charge in [0.1, 0.15) is 0 Å². The first-order chi connectivity index (χ1) is 12.8. The maximum atomic E-state index is 12.6. The molecule has 0 atom stereocenters. The maximum absolute atomic E-state index is 12.6. The van der Waals surface area contributed by atoms with Crippen LogP contribution in [0.1, 0.15) is 46.6 Å². The van der Waals surface area contributed by atoms with Crippen molar-refractivity contribution >= 4 is 5.91 Å². The third kappa shape index (κ3) is 2.77. The van der Waals surface area contributed by atoms with Crippen LogP contribution in [0.5, 0.6) is 0 Å². The third-order valence-corrected chi connectivity index (χ3v) is 5.03. The quantitative estimate of drug-likeness (QED) is 0.725. The lowest BCUT2D eigenvalue weighted by Gasteiger charge is -2.39. The van der Waals surface area contributed by atoms with Crippen molar-refractivity contribution in [2.24, 2.45) is 0 Å². The highest BCUT2D eigenvalue weighted by Gasteiger charge is 2.33. The Labute approximate surface area is 150 Å². The fourth-order valence-electron chi connectivity index (χ4n) is 3.24. The van der Waals surface area contributed by atoms with Gasteiger partial charge in [-0.15, -0.1) is 0 Å². The van der Waals surface area contributed by atoms with Gasteiger partial charge in [0.2, 0.25) is 11.7 Å². The lowest BCUT2D eigenvalue weighted by Crippen LogP contribution is -2.48. The molecule has 3 heterocycles. The molecule has 6 heteroatoms. The number of aromatic nitrogens is 3. The standard InChI is InChI=1S/C20H18N4O2/c25-20(24-11-16(12-24)17-3-1-2-10-21-17)15-8-4-13(5-9-15)18-22-19(26-23-18)14-6-7-14/h1-5,8-10,14,16H,6-7,11-12H2. The molecule has 6 nitrogen and oxygen atoms in total. The number of pyridine rings is 1. The summed E-state index contributed by atoms with van der Waals surface area (Å²) in [7, 11) is 0. The Morgan fingerprint density at radius 2 is 1.85 bits per heavy atom. The second kappa shape index (κ2) is 6.05. The predicted molar refractivity (Wildman–Crippen MR) is 94.6 cm³/mol. The van der Waals surface area contributed by atoms with Crippen molar-refractivity contribution in [2.45, 2.75) is 24.7 Å². The summed E-state index contributed by atoms with van der Waals surface area (Å²) >= 11 is 0. The number of carbonyl (C=O) groups excluding carboxylic acids is 1. The van der Waals surface area contributed by atoms with Crippen molar-refractivity contribution < 1.29 is 9.32 Å². The number of hydrogen-bond donors (Lipinski definition) is 0. The number of carbonyl (C=O) groups is 1. The van der Waals surface area contributed by atoms with Crippen LogP contribution in [0.4, 0.5) is 0 Å². The summed E-state index contributed by atoms with van der Waals surface area (Å²) in [5, 5.41) is 4.04. The van der Waals surface area contributed by atoms with Crippen LogP contribution in [0.25, 0.3) is 11.4 Å². The van der Waals surface area contributed by atoms with Crippen LogP contribution in [0.2, 0.25) is 0 Å². The van der Waals surface area contributed by atoms with E-state index in [2.05, 4.69) is 15.1 Å². The molecule has 2 fully saturated rings. The first-order valence-electron chi connectivity index (χ1n) is 8.92. The van der Waals surface area contributed by atoms with Crippen molar-refractivity contribution in [3.8, 4) is 11.4 Å². The van der Waals surface area contributed by atoms with Gasteiger partial charge in [0.15, 0.2) is 0 Å². The molecule has 0 radical (unpaired) electrons. The van der Waals surface area contributed by atoms with E-state index in [0.29, 0.717) is 36.3 Å². The number of benzene rings is 1. The van der Waals surface area contributed by atoms with Crippen LogP contribution in [0, 0.1) is 0 Å². The molecule has 1 amide bonds. The summed E-state index contributed by atoms with van der Waals surface area (Å²) in [5.74, 6) is 2.14. The summed E-state index contributed by atoms with van der Waals surface area (Å²) in [6.07, 6.45) is 4.06. The van der Waals surface area contributed by atoms with Gasteiger partial charge in [0.05, 0.1) is 0 Å². The lowest BCUT2D eigenvalue weighted by molar-refractivity contribution is 0.0599. The van der Waals surface area contributed by atoms with Gasteiger partial charge in [-0.1, -0.05) is 23.4 Å². The molecular weight excluding hydrogens is 328 g/mol. The van der Waals surface area contributed by atoms with E-state index in [1.165, 1.54) is 0 Å². The third-order valence-electron chi connectivity index (χ3n) is 5.03. The number of likely N-dealkylation sites (tertiary alicyclic amines) is 1. The zero-order valence-electron chi connectivity index (χ0n) is 14.2. The number of amides is 1. The Hall–Kier alpha value is -3.02. The fourth-order valence-corrected chi connectivity index (χ4v) is 3.24. The molecular formula is C20H18N4O2. The van der Waals surface area contributed by atoms with Gasteiger partial charge < -0.3 is 9.42 Å². The molecule has 0 bridgehead atoms. The van der Waals surface area contributed by atoms with E-state index in [4.69, 9.17) is 4.52 Å². The highest BCUT2D eigenvalue weighted by molar-refractivity contribution is 5.95. The van der Waals surface area contributed by atoms with Crippen LogP contribution in [0.3, 0.4) is 0 Å². The molecule has 130 valence electrons. The Morgan fingerprint density at radius 3 is 2.54 bits per heavy atom. The second-order valence-corrected chi connectivity index (χ2v) is 6.97. The molecule has 1 saturated carbocycles. The molecule has 1 aliphatic carbocycles. The summed E-state index contributed by atoms with van der Waals surface area (Å²) < 4.78 is 5.30. The average molecular weight is 346 g/mol. The normalized spacial score (nSPS) is 17.2. The first kappa shape index (κ1) is 15.3. The van der Waals surface area contributed by atoms with Crippen LogP contribution < -0.4 is 0 Å². The largest absolute Gasteiger partial charge is 0.339 e. The van der Waals surface area contributed by atoms with E-state index in [-0.39, 0.29) is 5.91 Å². The van der Waals surface area contributed by atoms with Gasteiger partial charge in [-0.25, -0.2) is 0 Å². The Bertz CT molecular complexity index is 926. The van der Waals surface area contributed by atoms with Gasteiger partial charge in [-0.05, 0) is 37.1 Å². The molecule has 0 spiro atoms. The Morgan fingerprint density at radius 1 is 1.04 bits per heavy atom. The van der Waals surface area contributed by atoms with Crippen LogP contribution >= 0.6 is 0 Å². The smallest absolute Gasteiger partial charge is 0.253 e. The fraction of sp³-hybridized carbons (Fsp3) is 0.300. The molecule has 3 aromatic rings. The van der Waals surface area contributed by atoms with Gasteiger partial charge in [0, 0.05) is 47.9 Å². The van der Waals surface area contributed by atoms with Crippen LogP contribution in [-0.4, -0.2) is 39.0 Å². The molecule has 26 heavy (non-hydrogen) atoms. The van der Waals surface area contributed by atoms with Gasteiger partial charge in [-0.3, -0.25) is 9.78 Å². The SMILES string of the molecule is O=C(c1ccc(-c2noc(C3CC3)n2)cc1)N1CC(c2ccccn2)C1. The van der Waals surface area contributed by atoms with Crippen molar-refractivity contribution in [2.75, 3.05) is 13.1 Å². The molecule has 2 aromatic heterocycles. The Balaban J connectivity index is 1.25. The number of nitrogens with zero attached hydrogens (tertiary/aromatic N) is 4. The summed E-state index contributed by atoms with van der Waals surface area (Å²) in [4.78, 5) is 23.3. The summed E-state index contributed by atoms with van der Waals surface area (Å²) in [6.45, 7) is 1.43. The van der Waals surface area contributed by atoms with E-state index in [0.717, 1.165) is 30.0 Å². The van der Waals surface area contributed by atoms with E-state index >= 15 is 0 Å². The van der Waals surface area contributed by atoms with Gasteiger partial charge in [-0.2, -0.15) is 4.98 Å². The zero-order chi connectivity index (χ0) is 17.5. The highest BCUT2D eigenvalue weighted by Crippen LogP contribution is 2.39. The first-order valence-corrected chi connectivity index (χ1v) is 8.92. The minimum absolute atomic E-state index is 0.0514. The maximum Gasteiger partial charge on any atom is 0.253 e. The zero-order valence-corrected chi connectivity index (χ0v) is 14.2. The molecule has 5 rings (SSSR count). The van der Waals surface area contributed by atoms with Crippen molar-refractivity contribution in [1.29, 1.82) is 0 Å². The van der Waals surface area contributed by atoms with Crippen molar-refractivity contribution in [3.05, 3.63) is 65.8 Å². The second-order valence-electron chi connectivity index (χ2n) is 6.97. The summed E-state index contributed by atoms with van der Waals surface area (Å²) in [6, 6.07) is 13.3. The molecule has 0 unspecified atom stereocenters. The van der Waals surface area contributed by atoms with Crippen LogP contribution in [-0.2, 0) is 0 Å². The molecule has 2 aliphatic rings. The predicted octanol–water partition coefficient (Wildman–Crippen LogP) is 3.25. The highest BCUT2D eigenvalue weighted by atomic mass is 16.5. The van der Waals surface area contributed by atoms with Crippen molar-refractivity contribution in [3.63, 3.8) is 0 Å². The van der Waals surface area contributed by atoms with Crippen LogP contribution in [0.15, 0.2) is 53.2 Å². The number of rotatable bonds is 4. The van der Waals surface area contributed by atoms with E-state index in [1.54, 1.807) is 6.20 Å². The molecule has 0 N–H and O–H groups in total. The Kier molecular flexibility index (Phi) is 3.55. The minimum Gasteiger partial charge on any atom is -0.339 e. The van der Waals surface area contributed by atoms with Gasteiger partial charge >= 0.3 is 0 Å². The monoisotopic (exact) mass is 346 g/mol. The minimum atomic E-state index is 0.0514. The molecule has 1 aliphatic heterocycles. The van der Waals surface area contributed by atoms with Gasteiger partial charge in [0.25, 0.3) is 5.91 Å². The average Bonchev–Trinajstić information content (AvgIpc) is 3.38. The summed E-state index contributed by atoms with van der Waals surface area (Å²) in [5.41, 5.74) is 2.60.